The van der Waals surface area contributed by atoms with Gasteiger partial charge in [-0.25, -0.2) is 14.6 Å². The summed E-state index contributed by atoms with van der Waals surface area (Å²) in [5.74, 6) is 0.830. The molecule has 180 valence electrons. The number of pyridine rings is 2. The average molecular weight is 455 g/mol. The Morgan fingerprint density at radius 1 is 1.18 bits per heavy atom. The van der Waals surface area contributed by atoms with Crippen LogP contribution >= 0.6 is 0 Å². The zero-order valence-electron chi connectivity index (χ0n) is 20.5. The van der Waals surface area contributed by atoms with Crippen molar-refractivity contribution in [1.29, 1.82) is 0 Å². The number of anilines is 1. The fourth-order valence-electron chi connectivity index (χ4n) is 3.29. The maximum atomic E-state index is 7.00. The van der Waals surface area contributed by atoms with Crippen molar-refractivity contribution in [3.05, 3.63) is 43.8 Å². The number of hydrogen-bond acceptors (Lipinski definition) is 7. The van der Waals surface area contributed by atoms with E-state index in [1.165, 1.54) is 6.42 Å². The predicted molar refractivity (Wildman–Crippen MR) is 138 cm³/mol. The number of nitrogens with zero attached hydrogens (tertiary/aromatic N) is 6. The lowest BCUT2D eigenvalue weighted by Gasteiger charge is -2.23. The van der Waals surface area contributed by atoms with Crippen LogP contribution in [-0.4, -0.2) is 61.8 Å². The van der Waals surface area contributed by atoms with Crippen LogP contribution in [0, 0.1) is 0 Å². The van der Waals surface area contributed by atoms with Crippen molar-refractivity contribution in [3.63, 3.8) is 0 Å². The van der Waals surface area contributed by atoms with Gasteiger partial charge in [0.15, 0.2) is 11.3 Å². The summed E-state index contributed by atoms with van der Waals surface area (Å²) < 4.78 is 1.78. The molecule has 0 aliphatic heterocycles. The second-order valence-corrected chi connectivity index (χ2v) is 7.00. The van der Waals surface area contributed by atoms with Crippen LogP contribution in [0.4, 0.5) is 5.82 Å². The molecule has 9 heteroatoms. The molecule has 4 N–H and O–H groups in total. The van der Waals surface area contributed by atoms with Gasteiger partial charge in [-0.3, -0.25) is 0 Å². The van der Waals surface area contributed by atoms with Crippen molar-refractivity contribution in [2.24, 2.45) is 12.8 Å². The summed E-state index contributed by atoms with van der Waals surface area (Å²) >= 11 is 0. The van der Waals surface area contributed by atoms with Gasteiger partial charge in [0.25, 0.3) is 0 Å². The van der Waals surface area contributed by atoms with E-state index in [0.717, 1.165) is 65.8 Å². The van der Waals surface area contributed by atoms with Crippen LogP contribution < -0.4 is 10.6 Å². The monoisotopic (exact) mass is 454 g/mol. The number of aromatic nitrogens is 6. The standard InChI is InChI=1S/C18H22N8.C3H8.C2H4.CH4O/c1-3-8-26(9-6-19)18-16-15(25(2)24-23-16)10-14(22-18)13-11-21-17-12(13)5-4-7-20-17;1-3-2;2*1-2/h4-5,7,10-11H,3,6,8-9,19H2,1-2H3,(H,20,21);3H2,1-2H3;1-2H2;2H,1H3. The lowest BCUT2D eigenvalue weighted by atomic mass is 10.1. The van der Waals surface area contributed by atoms with Crippen molar-refractivity contribution >= 4 is 27.9 Å². The molecule has 0 radical (unpaired) electrons. The van der Waals surface area contributed by atoms with Crippen molar-refractivity contribution in [2.45, 2.75) is 33.6 Å². The van der Waals surface area contributed by atoms with E-state index in [0.29, 0.717) is 6.54 Å². The number of H-pyrrole nitrogens is 1. The molecule has 0 aromatic carbocycles. The van der Waals surface area contributed by atoms with E-state index >= 15 is 0 Å². The van der Waals surface area contributed by atoms with Gasteiger partial charge in [-0.05, 0) is 24.6 Å². The van der Waals surface area contributed by atoms with Crippen LogP contribution in [0.5, 0.6) is 0 Å². The van der Waals surface area contributed by atoms with Crippen molar-refractivity contribution in [3.8, 4) is 11.3 Å². The highest BCUT2D eigenvalue weighted by molar-refractivity contribution is 5.96. The van der Waals surface area contributed by atoms with Crippen LogP contribution in [0.15, 0.2) is 43.8 Å². The topological polar surface area (TPSA) is 122 Å². The first-order valence-electron chi connectivity index (χ1n) is 11.2. The fourth-order valence-corrected chi connectivity index (χ4v) is 3.29. The van der Waals surface area contributed by atoms with E-state index in [-0.39, 0.29) is 0 Å². The minimum absolute atomic E-state index is 0.560. The molecule has 33 heavy (non-hydrogen) atoms. The molecule has 0 unspecified atom stereocenters. The molecule has 0 aliphatic rings. The molecular formula is C24H38N8O. The lowest BCUT2D eigenvalue weighted by Crippen LogP contribution is -2.31. The van der Waals surface area contributed by atoms with E-state index in [1.807, 2.05) is 31.4 Å². The molecule has 0 saturated carbocycles. The predicted octanol–water partition coefficient (Wildman–Crippen LogP) is 3.91. The summed E-state index contributed by atoms with van der Waals surface area (Å²) in [6, 6.07) is 6.01. The van der Waals surface area contributed by atoms with Gasteiger partial charge in [0, 0.05) is 57.1 Å². The van der Waals surface area contributed by atoms with Crippen molar-refractivity contribution in [1.82, 2.24) is 29.9 Å². The SMILES string of the molecule is C=C.CCC.CCCN(CCN)c1nc(-c2c[nH]c3ncccc23)cc2c1nnn2C.CO. The Morgan fingerprint density at radius 2 is 1.88 bits per heavy atom. The molecule has 4 rings (SSSR count). The normalized spacial score (nSPS) is 9.91. The molecule has 4 aromatic rings. The highest BCUT2D eigenvalue weighted by atomic mass is 16.2. The third-order valence-electron chi connectivity index (χ3n) is 4.50. The Hall–Kier alpha value is -3.30. The lowest BCUT2D eigenvalue weighted by molar-refractivity contribution is 0.399. The second kappa shape index (κ2) is 14.7. The van der Waals surface area contributed by atoms with Gasteiger partial charge in [0.05, 0.1) is 11.2 Å². The van der Waals surface area contributed by atoms with Crippen LogP contribution in [0.25, 0.3) is 33.3 Å². The number of fused-ring (bicyclic) bond motifs is 2. The Labute approximate surface area is 196 Å². The molecule has 9 nitrogen and oxygen atoms in total. The minimum Gasteiger partial charge on any atom is -0.400 e. The Kier molecular flexibility index (Phi) is 12.4. The fraction of sp³-hybridized carbons (Fsp3) is 0.417. The maximum absolute atomic E-state index is 7.00. The highest BCUT2D eigenvalue weighted by Gasteiger charge is 2.19. The summed E-state index contributed by atoms with van der Waals surface area (Å²) in [6.07, 6.45) is 5.98. The third kappa shape index (κ3) is 6.59. The molecule has 0 aliphatic carbocycles. The third-order valence-corrected chi connectivity index (χ3v) is 4.50. The number of aromatic amines is 1. The van der Waals surface area contributed by atoms with Crippen molar-refractivity contribution in [2.75, 3.05) is 31.6 Å². The highest BCUT2D eigenvalue weighted by Crippen LogP contribution is 2.32. The summed E-state index contributed by atoms with van der Waals surface area (Å²) in [5, 5.41) is 16.6. The summed E-state index contributed by atoms with van der Waals surface area (Å²) in [4.78, 5) is 14.7. The van der Waals surface area contributed by atoms with E-state index in [1.54, 1.807) is 10.9 Å². The molecule has 0 fully saturated rings. The number of aliphatic hydroxyl groups excluding tert-OH is 1. The van der Waals surface area contributed by atoms with Gasteiger partial charge in [-0.15, -0.1) is 18.3 Å². The van der Waals surface area contributed by atoms with Crippen LogP contribution in [-0.2, 0) is 7.05 Å². The zero-order chi connectivity index (χ0) is 24.8. The van der Waals surface area contributed by atoms with Gasteiger partial charge in [0.1, 0.15) is 5.65 Å². The molecule has 0 saturated heterocycles. The van der Waals surface area contributed by atoms with Gasteiger partial charge in [-0.1, -0.05) is 32.4 Å². The Morgan fingerprint density at radius 3 is 2.52 bits per heavy atom. The van der Waals surface area contributed by atoms with Crippen molar-refractivity contribution < 1.29 is 5.11 Å². The number of rotatable bonds is 6. The van der Waals surface area contributed by atoms with Gasteiger partial charge in [0.2, 0.25) is 0 Å². The molecule has 0 bridgehead atoms. The van der Waals surface area contributed by atoms with Gasteiger partial charge >= 0.3 is 0 Å². The molecular weight excluding hydrogens is 416 g/mol. The average Bonchev–Trinajstić information content (AvgIpc) is 3.45. The van der Waals surface area contributed by atoms with Crippen LogP contribution in [0.1, 0.15) is 33.6 Å². The molecule has 4 heterocycles. The second-order valence-electron chi connectivity index (χ2n) is 7.00. The summed E-state index contributed by atoms with van der Waals surface area (Å²) in [6.45, 7) is 14.6. The zero-order valence-corrected chi connectivity index (χ0v) is 20.5. The van der Waals surface area contributed by atoms with Crippen LogP contribution in [0.2, 0.25) is 0 Å². The number of hydrogen-bond donors (Lipinski definition) is 3. The van der Waals surface area contributed by atoms with E-state index < -0.39 is 0 Å². The molecule has 4 aromatic heterocycles. The maximum Gasteiger partial charge on any atom is 0.159 e. The van der Waals surface area contributed by atoms with E-state index in [4.69, 9.17) is 15.8 Å². The molecule has 0 atom stereocenters. The Bertz CT molecular complexity index is 1080. The van der Waals surface area contributed by atoms with E-state index in [2.05, 4.69) is 59.1 Å². The molecule has 0 amide bonds. The summed E-state index contributed by atoms with van der Waals surface area (Å²) in [7, 11) is 2.90. The first-order chi connectivity index (χ1) is 16.1. The number of aryl methyl sites for hydroxylation is 1. The number of nitrogens with one attached hydrogen (secondary N) is 1. The van der Waals surface area contributed by atoms with Gasteiger partial charge < -0.3 is 20.7 Å². The largest absolute Gasteiger partial charge is 0.400 e. The first kappa shape index (κ1) is 27.7. The van der Waals surface area contributed by atoms with E-state index in [9.17, 15) is 0 Å². The number of aliphatic hydroxyl groups is 1. The quantitative estimate of drug-likeness (QED) is 0.378. The molecule has 0 spiro atoms. The first-order valence-corrected chi connectivity index (χ1v) is 11.2. The minimum atomic E-state index is 0.560. The smallest absolute Gasteiger partial charge is 0.159 e. The Balaban J connectivity index is 0.000000705. The van der Waals surface area contributed by atoms with Gasteiger partial charge in [-0.2, -0.15) is 0 Å². The summed E-state index contributed by atoms with van der Waals surface area (Å²) in [5.41, 5.74) is 10.3. The van der Waals surface area contributed by atoms with Crippen LogP contribution in [0.3, 0.4) is 0 Å². The number of nitrogens with two attached hydrogens (primary N) is 1.